The van der Waals surface area contributed by atoms with Gasteiger partial charge < -0.3 is 14.4 Å². The molecule has 21 heavy (non-hydrogen) atoms. The second-order valence-electron chi connectivity index (χ2n) is 7.19. The lowest BCUT2D eigenvalue weighted by molar-refractivity contribution is 0.151. The molecule has 0 aromatic carbocycles. The van der Waals surface area contributed by atoms with Crippen molar-refractivity contribution in [2.24, 2.45) is 17.0 Å². The lowest BCUT2D eigenvalue weighted by Gasteiger charge is -2.37. The van der Waals surface area contributed by atoms with Gasteiger partial charge in [-0.05, 0) is 29.6 Å². The fourth-order valence-corrected chi connectivity index (χ4v) is 3.23. The maximum absolute atomic E-state index is 11.1. The minimum Gasteiger partial charge on any atom is -0.465 e. The Morgan fingerprint density at radius 3 is 2.48 bits per heavy atom. The summed E-state index contributed by atoms with van der Waals surface area (Å²) >= 11 is 0. The summed E-state index contributed by atoms with van der Waals surface area (Å²) < 4.78 is 6.20. The van der Waals surface area contributed by atoms with E-state index in [1.165, 1.54) is 4.90 Å². The van der Waals surface area contributed by atoms with Crippen molar-refractivity contribution in [2.45, 2.75) is 38.9 Å². The van der Waals surface area contributed by atoms with Gasteiger partial charge in [-0.25, -0.2) is 4.79 Å². The normalized spacial score (nSPS) is 23.0. The maximum Gasteiger partial charge on any atom is 0.407 e. The van der Waals surface area contributed by atoms with Crippen LogP contribution in [0.1, 0.15) is 20.8 Å². The van der Waals surface area contributed by atoms with E-state index in [4.69, 9.17) is 15.1 Å². The fourth-order valence-electron chi connectivity index (χ4n) is 2.16. The number of nitrogens with zero attached hydrogens (tertiary/aromatic N) is 4. The van der Waals surface area contributed by atoms with Crippen molar-refractivity contribution in [2.75, 3.05) is 26.2 Å². The van der Waals surface area contributed by atoms with Gasteiger partial charge in [-0.15, -0.1) is 0 Å². The molecule has 0 saturated carbocycles. The molecule has 1 amide bonds. The third-order valence-corrected chi connectivity index (χ3v) is 9.19. The molecule has 1 aliphatic rings. The van der Waals surface area contributed by atoms with Crippen LogP contribution < -0.4 is 0 Å². The van der Waals surface area contributed by atoms with Crippen LogP contribution in [-0.4, -0.2) is 50.7 Å². The lowest BCUT2D eigenvalue weighted by atomic mass is 9.97. The van der Waals surface area contributed by atoms with Crippen LogP contribution in [0.5, 0.6) is 0 Å². The Hall–Kier alpha value is -1.24. The number of likely N-dealkylation sites (tertiary alicyclic amines) is 1. The molecule has 1 heterocycles. The predicted octanol–water partition coefficient (Wildman–Crippen LogP) is 3.54. The summed E-state index contributed by atoms with van der Waals surface area (Å²) in [5, 5.41) is 12.9. The zero-order valence-electron chi connectivity index (χ0n) is 13.5. The van der Waals surface area contributed by atoms with Gasteiger partial charge in [0, 0.05) is 37.1 Å². The van der Waals surface area contributed by atoms with E-state index in [9.17, 15) is 4.79 Å². The molecule has 1 saturated heterocycles. The van der Waals surface area contributed by atoms with E-state index < -0.39 is 14.4 Å². The third-order valence-electron chi connectivity index (χ3n) is 4.69. The number of amides is 1. The standard InChI is InChI=1S/C13H26N4O3Si/c1-13(2,3)21(4,5)20-9-11-8-17(12(18)19)7-10(11)6-15-16-14/h10-11H,6-9H2,1-5H3,(H,18,19). The van der Waals surface area contributed by atoms with E-state index in [0.717, 1.165) is 0 Å². The van der Waals surface area contributed by atoms with Gasteiger partial charge in [-0.2, -0.15) is 0 Å². The van der Waals surface area contributed by atoms with Crippen molar-refractivity contribution >= 4 is 14.4 Å². The van der Waals surface area contributed by atoms with Crippen molar-refractivity contribution in [3.8, 4) is 0 Å². The molecule has 0 aromatic rings. The highest BCUT2D eigenvalue weighted by atomic mass is 28.4. The fraction of sp³-hybridized carbons (Fsp3) is 0.923. The minimum atomic E-state index is -1.85. The van der Waals surface area contributed by atoms with Gasteiger partial charge in [0.2, 0.25) is 0 Å². The molecule has 1 rings (SSSR count). The molecular formula is C13H26N4O3Si. The third kappa shape index (κ3) is 4.62. The summed E-state index contributed by atoms with van der Waals surface area (Å²) in [5.41, 5.74) is 8.46. The molecule has 8 heteroatoms. The van der Waals surface area contributed by atoms with Gasteiger partial charge in [-0.1, -0.05) is 25.9 Å². The Morgan fingerprint density at radius 2 is 2.00 bits per heavy atom. The molecule has 1 N–H and O–H groups in total. The molecule has 0 aromatic heterocycles. The lowest BCUT2D eigenvalue weighted by Crippen LogP contribution is -2.42. The maximum atomic E-state index is 11.1. The molecule has 1 aliphatic heterocycles. The van der Waals surface area contributed by atoms with Crippen LogP contribution in [0.2, 0.25) is 18.1 Å². The number of hydrogen-bond acceptors (Lipinski definition) is 3. The predicted molar refractivity (Wildman–Crippen MR) is 83.7 cm³/mol. The molecular weight excluding hydrogens is 288 g/mol. The highest BCUT2D eigenvalue weighted by Gasteiger charge is 2.40. The summed E-state index contributed by atoms with van der Waals surface area (Å²) in [7, 11) is -1.85. The van der Waals surface area contributed by atoms with E-state index in [-0.39, 0.29) is 16.9 Å². The summed E-state index contributed by atoms with van der Waals surface area (Å²) in [4.78, 5) is 15.3. The second kappa shape index (κ2) is 6.68. The molecule has 0 spiro atoms. The van der Waals surface area contributed by atoms with Gasteiger partial charge in [-0.3, -0.25) is 0 Å². The van der Waals surface area contributed by atoms with Crippen LogP contribution in [0.4, 0.5) is 4.79 Å². The number of hydrogen-bond donors (Lipinski definition) is 1. The first-order chi connectivity index (χ1) is 9.58. The number of carbonyl (C=O) groups is 1. The van der Waals surface area contributed by atoms with Gasteiger partial charge in [0.1, 0.15) is 0 Å². The molecule has 0 radical (unpaired) electrons. The highest BCUT2D eigenvalue weighted by Crippen LogP contribution is 2.37. The molecule has 2 atom stereocenters. The van der Waals surface area contributed by atoms with Crippen LogP contribution in [-0.2, 0) is 4.43 Å². The summed E-state index contributed by atoms with van der Waals surface area (Å²) in [6.07, 6.45) is -0.921. The van der Waals surface area contributed by atoms with Crippen LogP contribution >= 0.6 is 0 Å². The largest absolute Gasteiger partial charge is 0.465 e. The monoisotopic (exact) mass is 314 g/mol. The molecule has 7 nitrogen and oxygen atoms in total. The SMILES string of the molecule is CC(C)(C)[Si](C)(C)OCC1CN(C(=O)O)CC1CN=[N+]=[N-]. The molecule has 0 aliphatic carbocycles. The summed E-state index contributed by atoms with van der Waals surface area (Å²) in [5.74, 6) is 0.141. The van der Waals surface area contributed by atoms with Gasteiger partial charge in [0.05, 0.1) is 0 Å². The zero-order valence-corrected chi connectivity index (χ0v) is 14.5. The highest BCUT2D eigenvalue weighted by molar-refractivity contribution is 6.74. The van der Waals surface area contributed by atoms with Crippen LogP contribution in [0.15, 0.2) is 5.11 Å². The Morgan fingerprint density at radius 1 is 1.43 bits per heavy atom. The smallest absolute Gasteiger partial charge is 0.407 e. The van der Waals surface area contributed by atoms with E-state index in [2.05, 4.69) is 43.9 Å². The molecule has 0 bridgehead atoms. The Labute approximate surface area is 127 Å². The van der Waals surface area contributed by atoms with Crippen molar-refractivity contribution in [1.82, 2.24) is 4.90 Å². The minimum absolute atomic E-state index is 0.0433. The number of rotatable bonds is 5. The molecule has 2 unspecified atom stereocenters. The van der Waals surface area contributed by atoms with Crippen molar-refractivity contribution < 1.29 is 14.3 Å². The topological polar surface area (TPSA) is 98.5 Å². The van der Waals surface area contributed by atoms with Crippen LogP contribution in [0.3, 0.4) is 0 Å². The average molecular weight is 314 g/mol. The van der Waals surface area contributed by atoms with Crippen molar-refractivity contribution in [3.63, 3.8) is 0 Å². The van der Waals surface area contributed by atoms with Crippen LogP contribution in [0, 0.1) is 11.8 Å². The van der Waals surface area contributed by atoms with Gasteiger partial charge in [0.15, 0.2) is 8.32 Å². The average Bonchev–Trinajstić information content (AvgIpc) is 2.76. The Balaban J connectivity index is 2.69. The van der Waals surface area contributed by atoms with Gasteiger partial charge >= 0.3 is 6.09 Å². The number of azide groups is 1. The quantitative estimate of drug-likeness (QED) is 0.363. The van der Waals surface area contributed by atoms with Crippen molar-refractivity contribution in [1.29, 1.82) is 0 Å². The molecule has 120 valence electrons. The van der Waals surface area contributed by atoms with E-state index >= 15 is 0 Å². The Kier molecular flexibility index (Phi) is 5.66. The Bertz CT molecular complexity index is 430. The zero-order chi connectivity index (χ0) is 16.3. The van der Waals surface area contributed by atoms with Crippen LogP contribution in [0.25, 0.3) is 10.4 Å². The van der Waals surface area contributed by atoms with E-state index in [1.807, 2.05) is 0 Å². The second-order valence-corrected chi connectivity index (χ2v) is 12.0. The first-order valence-corrected chi connectivity index (χ1v) is 10.1. The summed E-state index contributed by atoms with van der Waals surface area (Å²) in [6.45, 7) is 12.6. The van der Waals surface area contributed by atoms with Gasteiger partial charge in [0.25, 0.3) is 0 Å². The first-order valence-electron chi connectivity index (χ1n) is 7.21. The molecule has 1 fully saturated rings. The van der Waals surface area contributed by atoms with Crippen molar-refractivity contribution in [3.05, 3.63) is 10.4 Å². The van der Waals surface area contributed by atoms with E-state index in [0.29, 0.717) is 26.2 Å². The first kappa shape index (κ1) is 17.8. The number of carboxylic acid groups (broad SMARTS) is 1. The summed E-state index contributed by atoms with van der Waals surface area (Å²) in [6, 6.07) is 0. The van der Waals surface area contributed by atoms with E-state index in [1.54, 1.807) is 0 Å².